The molecule has 0 bridgehead atoms. The molecule has 1 rings (SSSR count). The number of halogens is 3. The Hall–Kier alpha value is -0.935. The molecule has 0 aromatic heterocycles. The number of rotatable bonds is 3. The number of carbonyl (C=O) groups is 1. The van der Waals surface area contributed by atoms with Crippen molar-refractivity contribution in [2.45, 2.75) is 39.0 Å². The van der Waals surface area contributed by atoms with Crippen molar-refractivity contribution < 1.29 is 22.5 Å². The first-order valence-corrected chi connectivity index (χ1v) is 5.55. The van der Waals surface area contributed by atoms with E-state index in [1.807, 2.05) is 0 Å². The molecule has 0 aromatic rings. The molecule has 0 heterocycles. The van der Waals surface area contributed by atoms with Crippen LogP contribution >= 0.6 is 0 Å². The lowest BCUT2D eigenvalue weighted by molar-refractivity contribution is -0.138. The molecule has 2 nitrogen and oxygen atoms in total. The lowest BCUT2D eigenvalue weighted by atomic mass is 9.73. The van der Waals surface area contributed by atoms with Crippen LogP contribution in [0.2, 0.25) is 0 Å². The molecule has 0 spiro atoms. The van der Waals surface area contributed by atoms with Crippen molar-refractivity contribution in [3.05, 3.63) is 11.0 Å². The van der Waals surface area contributed by atoms with E-state index in [1.165, 1.54) is 0 Å². The number of hydrogen-bond acceptors (Lipinski definition) is 2. The SMILES string of the molecule is CCOC(=O)C1=C([B-](F)(F)F)CCCCC1. The Morgan fingerprint density at radius 3 is 2.44 bits per heavy atom. The maximum atomic E-state index is 12.8. The number of hydrogen-bond donors (Lipinski definition) is 0. The van der Waals surface area contributed by atoms with Gasteiger partial charge in [0.2, 0.25) is 0 Å². The highest BCUT2D eigenvalue weighted by Gasteiger charge is 2.33. The fourth-order valence-electron chi connectivity index (χ4n) is 1.92. The summed E-state index contributed by atoms with van der Waals surface area (Å²) in [5.41, 5.74) is -0.775. The van der Waals surface area contributed by atoms with E-state index in [9.17, 15) is 17.7 Å². The third kappa shape index (κ3) is 3.28. The van der Waals surface area contributed by atoms with E-state index in [0.717, 1.165) is 6.42 Å². The van der Waals surface area contributed by atoms with Crippen molar-refractivity contribution in [2.24, 2.45) is 0 Å². The fourth-order valence-corrected chi connectivity index (χ4v) is 1.92. The Labute approximate surface area is 92.9 Å². The third-order valence-corrected chi connectivity index (χ3v) is 2.68. The lowest BCUT2D eigenvalue weighted by Crippen LogP contribution is -2.24. The molecular formula is C10H15BF3O2-. The number of ether oxygens (including phenoxy) is 1. The van der Waals surface area contributed by atoms with E-state index >= 15 is 0 Å². The summed E-state index contributed by atoms with van der Waals surface area (Å²) in [6, 6.07) is 0. The van der Waals surface area contributed by atoms with Gasteiger partial charge in [-0.25, -0.2) is 4.79 Å². The molecule has 16 heavy (non-hydrogen) atoms. The maximum absolute atomic E-state index is 12.8. The van der Waals surface area contributed by atoms with Crippen molar-refractivity contribution in [3.8, 4) is 0 Å². The first-order chi connectivity index (χ1) is 7.46. The number of allylic oxidation sites excluding steroid dienone is 1. The third-order valence-electron chi connectivity index (χ3n) is 2.68. The minimum atomic E-state index is -5.06. The second-order valence-electron chi connectivity index (χ2n) is 3.86. The van der Waals surface area contributed by atoms with Crippen molar-refractivity contribution >= 4 is 12.9 Å². The monoisotopic (exact) mass is 235 g/mol. The molecule has 0 aliphatic heterocycles. The van der Waals surface area contributed by atoms with Crippen LogP contribution in [0.4, 0.5) is 12.9 Å². The van der Waals surface area contributed by atoms with Crippen molar-refractivity contribution in [2.75, 3.05) is 6.61 Å². The van der Waals surface area contributed by atoms with Gasteiger partial charge in [-0.1, -0.05) is 19.3 Å². The standard InChI is InChI=1S/C10H15BF3O2/c1-2-16-10(15)8-6-4-3-5-7-9(8)11(12,13)14/h2-7H2,1H3/q-1. The molecule has 0 atom stereocenters. The van der Waals surface area contributed by atoms with Gasteiger partial charge in [0.15, 0.2) is 0 Å². The average molecular weight is 235 g/mol. The molecule has 0 aromatic carbocycles. The van der Waals surface area contributed by atoms with Gasteiger partial charge in [0.05, 0.1) is 6.61 Å². The van der Waals surface area contributed by atoms with E-state index in [4.69, 9.17) is 0 Å². The van der Waals surface area contributed by atoms with Gasteiger partial charge in [0, 0.05) is 5.57 Å². The smallest absolute Gasteiger partial charge is 0.463 e. The van der Waals surface area contributed by atoms with Gasteiger partial charge in [-0.2, -0.15) is 0 Å². The van der Waals surface area contributed by atoms with Gasteiger partial charge < -0.3 is 17.7 Å². The molecule has 92 valence electrons. The van der Waals surface area contributed by atoms with Crippen LogP contribution in [0.5, 0.6) is 0 Å². The first kappa shape index (κ1) is 13.1. The summed E-state index contributed by atoms with van der Waals surface area (Å²) < 4.78 is 43.0. The zero-order chi connectivity index (χ0) is 12.2. The zero-order valence-electron chi connectivity index (χ0n) is 9.27. The normalized spacial score (nSPS) is 18.2. The van der Waals surface area contributed by atoms with Crippen molar-refractivity contribution in [3.63, 3.8) is 0 Å². The molecule has 0 amide bonds. The topological polar surface area (TPSA) is 26.3 Å². The summed E-state index contributed by atoms with van der Waals surface area (Å²) in [6.07, 6.45) is 2.01. The summed E-state index contributed by atoms with van der Waals surface area (Å²) in [5.74, 6) is -0.793. The molecule has 1 aliphatic carbocycles. The van der Waals surface area contributed by atoms with E-state index in [0.29, 0.717) is 12.8 Å². The van der Waals surface area contributed by atoms with Gasteiger partial charge in [0.1, 0.15) is 0 Å². The highest BCUT2D eigenvalue weighted by atomic mass is 19.4. The van der Waals surface area contributed by atoms with E-state index in [1.54, 1.807) is 6.92 Å². The van der Waals surface area contributed by atoms with Crippen molar-refractivity contribution in [1.82, 2.24) is 0 Å². The number of carbonyl (C=O) groups excluding carboxylic acids is 1. The van der Waals surface area contributed by atoms with Crippen LogP contribution in [0.25, 0.3) is 0 Å². The van der Waals surface area contributed by atoms with Gasteiger partial charge >= 0.3 is 12.9 Å². The highest BCUT2D eigenvalue weighted by molar-refractivity contribution is 6.67. The van der Waals surface area contributed by atoms with Gasteiger partial charge in [-0.05, 0) is 19.8 Å². The largest absolute Gasteiger partial charge is 0.506 e. The minimum Gasteiger partial charge on any atom is -0.463 e. The summed E-state index contributed by atoms with van der Waals surface area (Å²) in [7, 11) is 0. The van der Waals surface area contributed by atoms with Crippen LogP contribution in [0.3, 0.4) is 0 Å². The number of esters is 1. The Balaban J connectivity index is 3.00. The average Bonchev–Trinajstić information content (AvgIpc) is 2.41. The summed E-state index contributed by atoms with van der Waals surface area (Å²) in [6.45, 7) is -3.36. The molecular weight excluding hydrogens is 220 g/mol. The molecule has 0 saturated heterocycles. The lowest BCUT2D eigenvalue weighted by Gasteiger charge is -2.21. The van der Waals surface area contributed by atoms with Crippen LogP contribution in [0, 0.1) is 0 Å². The van der Waals surface area contributed by atoms with Crippen molar-refractivity contribution in [1.29, 1.82) is 0 Å². The van der Waals surface area contributed by atoms with E-state index in [2.05, 4.69) is 4.74 Å². The van der Waals surface area contributed by atoms with E-state index < -0.39 is 18.4 Å². The molecule has 0 fully saturated rings. The summed E-state index contributed by atoms with van der Waals surface area (Å²) >= 11 is 0. The fraction of sp³-hybridized carbons (Fsp3) is 0.700. The predicted molar refractivity (Wildman–Crippen MR) is 55.8 cm³/mol. The zero-order valence-corrected chi connectivity index (χ0v) is 9.27. The Bertz CT molecular complexity index is 297. The quantitative estimate of drug-likeness (QED) is 0.554. The molecule has 1 aliphatic rings. The molecule has 0 radical (unpaired) electrons. The molecule has 0 unspecified atom stereocenters. The minimum absolute atomic E-state index is 0.0440. The summed E-state index contributed by atoms with van der Waals surface area (Å²) in [5, 5.41) is 0. The van der Waals surface area contributed by atoms with Gasteiger partial charge in [0.25, 0.3) is 0 Å². The first-order valence-electron chi connectivity index (χ1n) is 5.55. The van der Waals surface area contributed by atoms with Crippen LogP contribution < -0.4 is 0 Å². The van der Waals surface area contributed by atoms with Gasteiger partial charge in [-0.3, -0.25) is 0 Å². The summed E-state index contributed by atoms with van der Waals surface area (Å²) in [4.78, 5) is 11.4. The molecule has 6 heteroatoms. The van der Waals surface area contributed by atoms with Gasteiger partial charge in [-0.15, -0.1) is 5.47 Å². The maximum Gasteiger partial charge on any atom is 0.506 e. The second-order valence-corrected chi connectivity index (χ2v) is 3.86. The highest BCUT2D eigenvalue weighted by Crippen LogP contribution is 2.33. The molecule has 0 N–H and O–H groups in total. The van der Waals surface area contributed by atoms with Crippen LogP contribution in [-0.4, -0.2) is 19.6 Å². The van der Waals surface area contributed by atoms with E-state index in [-0.39, 0.29) is 25.0 Å². The predicted octanol–water partition coefficient (Wildman–Crippen LogP) is 3.20. The second kappa shape index (κ2) is 5.41. The Kier molecular flexibility index (Phi) is 4.44. The Morgan fingerprint density at radius 1 is 1.25 bits per heavy atom. The van der Waals surface area contributed by atoms with Crippen LogP contribution in [0.1, 0.15) is 39.0 Å². The Morgan fingerprint density at radius 2 is 1.88 bits per heavy atom. The van der Waals surface area contributed by atoms with Crippen LogP contribution in [-0.2, 0) is 9.53 Å². The molecule has 0 saturated carbocycles. The van der Waals surface area contributed by atoms with Crippen LogP contribution in [0.15, 0.2) is 11.0 Å².